The first-order valence-electron chi connectivity index (χ1n) is 11.9. The van der Waals surface area contributed by atoms with Crippen molar-refractivity contribution in [3.8, 4) is 5.75 Å². The molecule has 1 aromatic carbocycles. The molecule has 1 N–H and O–H groups in total. The highest BCUT2D eigenvalue weighted by Crippen LogP contribution is 2.34. The van der Waals surface area contributed by atoms with Crippen molar-refractivity contribution in [1.82, 2.24) is 15.2 Å². The van der Waals surface area contributed by atoms with Crippen LogP contribution in [0.3, 0.4) is 0 Å². The van der Waals surface area contributed by atoms with Crippen LogP contribution >= 0.6 is 0 Å². The molecule has 1 amide bonds. The van der Waals surface area contributed by atoms with Gasteiger partial charge in [0.05, 0.1) is 11.7 Å². The Morgan fingerprint density at radius 3 is 2.45 bits per heavy atom. The molecule has 5 heteroatoms. The first-order valence-corrected chi connectivity index (χ1v) is 11.9. The molecule has 2 aromatic rings. The SMILES string of the molecule is O=C(N[C@H](c1ccccn1)C1CCCCC1)C1CCN(CCOc2ccccc2)CC1. The third-order valence-corrected chi connectivity index (χ3v) is 6.80. The minimum atomic E-state index is 0.0475. The number of para-hydroxylation sites is 1. The number of amides is 1. The Bertz CT molecular complexity index is 785. The third kappa shape index (κ3) is 6.30. The normalized spacial score (nSPS) is 19.6. The number of carbonyl (C=O) groups excluding carboxylic acids is 1. The van der Waals surface area contributed by atoms with E-state index in [2.05, 4.69) is 21.3 Å². The maximum Gasteiger partial charge on any atom is 0.223 e. The molecule has 0 bridgehead atoms. The van der Waals surface area contributed by atoms with Gasteiger partial charge in [-0.1, -0.05) is 43.5 Å². The van der Waals surface area contributed by atoms with Gasteiger partial charge in [-0.15, -0.1) is 0 Å². The molecule has 1 aromatic heterocycles. The summed E-state index contributed by atoms with van der Waals surface area (Å²) < 4.78 is 5.82. The van der Waals surface area contributed by atoms with Crippen molar-refractivity contribution in [3.63, 3.8) is 0 Å². The number of aromatic nitrogens is 1. The quantitative estimate of drug-likeness (QED) is 0.676. The van der Waals surface area contributed by atoms with Gasteiger partial charge in [0, 0.05) is 18.7 Å². The van der Waals surface area contributed by atoms with Crippen LogP contribution in [0.4, 0.5) is 0 Å². The lowest BCUT2D eigenvalue weighted by molar-refractivity contribution is -0.127. The van der Waals surface area contributed by atoms with E-state index in [0.717, 1.165) is 43.9 Å². The van der Waals surface area contributed by atoms with Crippen LogP contribution in [-0.4, -0.2) is 42.0 Å². The first kappa shape index (κ1) is 21.8. The molecule has 2 heterocycles. The minimum absolute atomic E-state index is 0.0475. The molecule has 31 heavy (non-hydrogen) atoms. The molecule has 1 saturated carbocycles. The number of benzene rings is 1. The molecule has 1 aliphatic carbocycles. The van der Waals surface area contributed by atoms with Crippen LogP contribution < -0.4 is 10.1 Å². The van der Waals surface area contributed by atoms with E-state index in [1.807, 2.05) is 48.7 Å². The highest BCUT2D eigenvalue weighted by Gasteiger charge is 2.31. The second kappa shape index (κ2) is 11.3. The number of carbonyl (C=O) groups is 1. The van der Waals surface area contributed by atoms with E-state index in [4.69, 9.17) is 4.74 Å². The summed E-state index contributed by atoms with van der Waals surface area (Å²) in [5.74, 6) is 1.73. The Kier molecular flexibility index (Phi) is 7.94. The number of hydrogen-bond acceptors (Lipinski definition) is 4. The summed E-state index contributed by atoms with van der Waals surface area (Å²) in [6.07, 6.45) is 9.86. The van der Waals surface area contributed by atoms with Gasteiger partial charge in [0.1, 0.15) is 12.4 Å². The molecule has 0 spiro atoms. The molecule has 4 rings (SSSR count). The standard InChI is InChI=1S/C26H35N3O2/c30-26(28-25(21-9-3-1-4-10-21)24-13-7-8-16-27-24)22-14-17-29(18-15-22)19-20-31-23-11-5-2-6-12-23/h2,5-8,11-13,16,21-22,25H,1,3-4,9-10,14-15,17-20H2,(H,28,30)/t25-/m0/s1. The van der Waals surface area contributed by atoms with Crippen molar-refractivity contribution in [3.05, 3.63) is 60.4 Å². The van der Waals surface area contributed by atoms with Gasteiger partial charge in [-0.3, -0.25) is 14.7 Å². The van der Waals surface area contributed by atoms with Gasteiger partial charge in [-0.05, 0) is 69.0 Å². The minimum Gasteiger partial charge on any atom is -0.492 e. The van der Waals surface area contributed by atoms with Crippen LogP contribution in [0.25, 0.3) is 0 Å². The summed E-state index contributed by atoms with van der Waals surface area (Å²) in [6.45, 7) is 3.49. The van der Waals surface area contributed by atoms with Gasteiger partial charge in [-0.2, -0.15) is 0 Å². The maximum absolute atomic E-state index is 13.1. The van der Waals surface area contributed by atoms with Crippen LogP contribution in [0.1, 0.15) is 56.7 Å². The van der Waals surface area contributed by atoms with Crippen molar-refractivity contribution in [1.29, 1.82) is 0 Å². The van der Waals surface area contributed by atoms with Gasteiger partial charge < -0.3 is 10.1 Å². The van der Waals surface area contributed by atoms with Crippen LogP contribution in [0.2, 0.25) is 0 Å². The molecule has 5 nitrogen and oxygen atoms in total. The average molecular weight is 422 g/mol. The van der Waals surface area contributed by atoms with Crippen LogP contribution in [0, 0.1) is 11.8 Å². The Morgan fingerprint density at radius 2 is 1.74 bits per heavy atom. The zero-order chi connectivity index (χ0) is 21.3. The number of ether oxygens (including phenoxy) is 1. The average Bonchev–Trinajstić information content (AvgIpc) is 2.84. The Balaban J connectivity index is 1.26. The van der Waals surface area contributed by atoms with E-state index in [1.165, 1.54) is 32.1 Å². The Hall–Kier alpha value is -2.40. The van der Waals surface area contributed by atoms with Crippen molar-refractivity contribution in [2.45, 2.75) is 51.0 Å². The predicted octanol–water partition coefficient (Wildman–Crippen LogP) is 4.61. The van der Waals surface area contributed by atoms with E-state index in [1.54, 1.807) is 0 Å². The first-order chi connectivity index (χ1) is 15.3. The van der Waals surface area contributed by atoms with E-state index >= 15 is 0 Å². The van der Waals surface area contributed by atoms with E-state index < -0.39 is 0 Å². The fourth-order valence-electron chi connectivity index (χ4n) is 4.96. The van der Waals surface area contributed by atoms with E-state index in [9.17, 15) is 4.79 Å². The molecule has 2 fully saturated rings. The van der Waals surface area contributed by atoms with Gasteiger partial charge in [-0.25, -0.2) is 0 Å². The number of nitrogens with one attached hydrogen (secondary N) is 1. The zero-order valence-corrected chi connectivity index (χ0v) is 18.4. The zero-order valence-electron chi connectivity index (χ0n) is 18.4. The largest absolute Gasteiger partial charge is 0.492 e. The van der Waals surface area contributed by atoms with Gasteiger partial charge in [0.2, 0.25) is 5.91 Å². The maximum atomic E-state index is 13.1. The summed E-state index contributed by atoms with van der Waals surface area (Å²) in [7, 11) is 0. The summed E-state index contributed by atoms with van der Waals surface area (Å²) >= 11 is 0. The molecule has 1 aliphatic heterocycles. The smallest absolute Gasteiger partial charge is 0.223 e. The number of likely N-dealkylation sites (tertiary alicyclic amines) is 1. The number of nitrogens with zero attached hydrogens (tertiary/aromatic N) is 2. The van der Waals surface area contributed by atoms with Crippen LogP contribution in [0.15, 0.2) is 54.7 Å². The van der Waals surface area contributed by atoms with Gasteiger partial charge >= 0.3 is 0 Å². The lowest BCUT2D eigenvalue weighted by Crippen LogP contribution is -2.44. The number of pyridine rings is 1. The summed E-state index contributed by atoms with van der Waals surface area (Å²) in [6, 6.07) is 16.0. The van der Waals surface area contributed by atoms with E-state index in [0.29, 0.717) is 12.5 Å². The molecule has 1 atom stereocenters. The van der Waals surface area contributed by atoms with Gasteiger partial charge in [0.15, 0.2) is 0 Å². The predicted molar refractivity (Wildman–Crippen MR) is 123 cm³/mol. The second-order valence-corrected chi connectivity index (χ2v) is 8.92. The monoisotopic (exact) mass is 421 g/mol. The summed E-state index contributed by atoms with van der Waals surface area (Å²) in [5.41, 5.74) is 1.01. The molecule has 2 aliphatic rings. The second-order valence-electron chi connectivity index (χ2n) is 8.92. The Labute approximate surface area is 186 Å². The van der Waals surface area contributed by atoms with Crippen molar-refractivity contribution >= 4 is 5.91 Å². The Morgan fingerprint density at radius 1 is 1.00 bits per heavy atom. The topological polar surface area (TPSA) is 54.5 Å². The number of rotatable bonds is 8. The van der Waals surface area contributed by atoms with Crippen molar-refractivity contribution in [2.75, 3.05) is 26.2 Å². The fourth-order valence-corrected chi connectivity index (χ4v) is 4.96. The molecular formula is C26H35N3O2. The highest BCUT2D eigenvalue weighted by atomic mass is 16.5. The lowest BCUT2D eigenvalue weighted by atomic mass is 9.82. The molecular weight excluding hydrogens is 386 g/mol. The fraction of sp³-hybridized carbons (Fsp3) is 0.538. The highest BCUT2D eigenvalue weighted by molar-refractivity contribution is 5.79. The van der Waals surface area contributed by atoms with Crippen LogP contribution in [-0.2, 0) is 4.79 Å². The van der Waals surface area contributed by atoms with Crippen molar-refractivity contribution < 1.29 is 9.53 Å². The number of hydrogen-bond donors (Lipinski definition) is 1. The lowest BCUT2D eigenvalue weighted by Gasteiger charge is -2.34. The van der Waals surface area contributed by atoms with Gasteiger partial charge in [0.25, 0.3) is 0 Å². The summed E-state index contributed by atoms with van der Waals surface area (Å²) in [5, 5.41) is 3.41. The van der Waals surface area contributed by atoms with E-state index in [-0.39, 0.29) is 17.9 Å². The molecule has 0 unspecified atom stereocenters. The van der Waals surface area contributed by atoms with Crippen LogP contribution in [0.5, 0.6) is 5.75 Å². The molecule has 1 saturated heterocycles. The molecule has 166 valence electrons. The third-order valence-electron chi connectivity index (χ3n) is 6.80. The number of piperidine rings is 1. The molecule has 0 radical (unpaired) electrons. The van der Waals surface area contributed by atoms with Crippen molar-refractivity contribution in [2.24, 2.45) is 11.8 Å². The summed E-state index contributed by atoms with van der Waals surface area (Å²) in [4.78, 5) is 20.1.